The second-order valence-corrected chi connectivity index (χ2v) is 5.96. The molecule has 2 rings (SSSR count). The van der Waals surface area contributed by atoms with Crippen LogP contribution in [-0.4, -0.2) is 18.6 Å². The van der Waals surface area contributed by atoms with E-state index >= 15 is 0 Å². The van der Waals surface area contributed by atoms with Gasteiger partial charge in [-0.3, -0.25) is 4.79 Å². The molecule has 2 aromatic rings. The molecule has 0 heterocycles. The van der Waals surface area contributed by atoms with E-state index in [-0.39, 0.29) is 18.6 Å². The first-order valence-electron chi connectivity index (χ1n) is 7.87. The Morgan fingerprint density at radius 2 is 1.91 bits per heavy atom. The van der Waals surface area contributed by atoms with Crippen LogP contribution in [0.25, 0.3) is 11.1 Å². The monoisotopic (exact) mass is 331 g/mol. The molecule has 0 saturated carbocycles. The molecule has 0 fully saturated rings. The molecule has 0 aromatic heterocycles. The van der Waals surface area contributed by atoms with Crippen LogP contribution in [-0.2, 0) is 4.79 Å². The Labute approximate surface area is 142 Å². The summed E-state index contributed by atoms with van der Waals surface area (Å²) in [5.74, 6) is 0.388. The van der Waals surface area contributed by atoms with E-state index in [2.05, 4.69) is 12.2 Å². The fourth-order valence-electron chi connectivity index (χ4n) is 2.39. The van der Waals surface area contributed by atoms with Crippen LogP contribution >= 0.6 is 11.6 Å². The SMILES string of the molecule is CCC[C@@H](C)NC(=O)COc1ccc(-c2ccccc2)cc1Cl. The van der Waals surface area contributed by atoms with Gasteiger partial charge in [0, 0.05) is 6.04 Å². The Morgan fingerprint density at radius 3 is 2.57 bits per heavy atom. The van der Waals surface area contributed by atoms with Crippen molar-refractivity contribution < 1.29 is 9.53 Å². The molecule has 122 valence electrons. The van der Waals surface area contributed by atoms with Crippen molar-refractivity contribution in [3.8, 4) is 16.9 Å². The predicted molar refractivity (Wildman–Crippen MR) is 94.9 cm³/mol. The number of carbonyl (C=O) groups is 1. The van der Waals surface area contributed by atoms with Gasteiger partial charge in [-0.15, -0.1) is 0 Å². The number of carbonyl (C=O) groups excluding carboxylic acids is 1. The minimum Gasteiger partial charge on any atom is -0.482 e. The van der Waals surface area contributed by atoms with Gasteiger partial charge in [0.25, 0.3) is 5.91 Å². The summed E-state index contributed by atoms with van der Waals surface area (Å²) in [7, 11) is 0. The van der Waals surface area contributed by atoms with Crippen LogP contribution < -0.4 is 10.1 Å². The van der Waals surface area contributed by atoms with Crippen molar-refractivity contribution in [2.75, 3.05) is 6.61 Å². The molecular weight excluding hydrogens is 310 g/mol. The van der Waals surface area contributed by atoms with Crippen LogP contribution in [0.1, 0.15) is 26.7 Å². The van der Waals surface area contributed by atoms with Crippen molar-refractivity contribution in [3.05, 3.63) is 53.6 Å². The van der Waals surface area contributed by atoms with Gasteiger partial charge in [0.15, 0.2) is 6.61 Å². The number of amides is 1. The maximum atomic E-state index is 11.8. The van der Waals surface area contributed by atoms with E-state index in [0.717, 1.165) is 24.0 Å². The minimum atomic E-state index is -0.130. The third-order valence-electron chi connectivity index (χ3n) is 3.53. The molecule has 0 radical (unpaired) electrons. The smallest absolute Gasteiger partial charge is 0.258 e. The molecule has 1 atom stereocenters. The molecule has 0 aliphatic heterocycles. The zero-order valence-electron chi connectivity index (χ0n) is 13.5. The number of nitrogens with one attached hydrogen (secondary N) is 1. The molecule has 3 nitrogen and oxygen atoms in total. The largest absolute Gasteiger partial charge is 0.482 e. The molecule has 4 heteroatoms. The molecule has 0 aliphatic rings. The lowest BCUT2D eigenvalue weighted by molar-refractivity contribution is -0.123. The maximum Gasteiger partial charge on any atom is 0.258 e. The van der Waals surface area contributed by atoms with Gasteiger partial charge >= 0.3 is 0 Å². The van der Waals surface area contributed by atoms with Crippen LogP contribution in [0.3, 0.4) is 0 Å². The van der Waals surface area contributed by atoms with E-state index in [0.29, 0.717) is 10.8 Å². The molecule has 1 amide bonds. The number of ether oxygens (including phenoxy) is 1. The van der Waals surface area contributed by atoms with E-state index in [1.807, 2.05) is 49.4 Å². The van der Waals surface area contributed by atoms with Crippen molar-refractivity contribution in [2.45, 2.75) is 32.7 Å². The van der Waals surface area contributed by atoms with Gasteiger partial charge < -0.3 is 10.1 Å². The highest BCUT2D eigenvalue weighted by Gasteiger charge is 2.09. The first kappa shape index (κ1) is 17.4. The van der Waals surface area contributed by atoms with Crippen LogP contribution in [0.4, 0.5) is 0 Å². The Balaban J connectivity index is 1.95. The summed E-state index contributed by atoms with van der Waals surface area (Å²) in [5, 5.41) is 3.40. The average Bonchev–Trinajstić information content (AvgIpc) is 2.54. The molecule has 2 aromatic carbocycles. The van der Waals surface area contributed by atoms with Crippen LogP contribution in [0.5, 0.6) is 5.75 Å². The van der Waals surface area contributed by atoms with Gasteiger partial charge in [-0.25, -0.2) is 0 Å². The van der Waals surface area contributed by atoms with Gasteiger partial charge in [-0.05, 0) is 36.6 Å². The van der Waals surface area contributed by atoms with Crippen LogP contribution in [0, 0.1) is 0 Å². The van der Waals surface area contributed by atoms with Gasteiger partial charge in [0.1, 0.15) is 5.75 Å². The minimum absolute atomic E-state index is 0.0293. The van der Waals surface area contributed by atoms with E-state index in [9.17, 15) is 4.79 Å². The van der Waals surface area contributed by atoms with Crippen LogP contribution in [0.2, 0.25) is 5.02 Å². The lowest BCUT2D eigenvalue weighted by Crippen LogP contribution is -2.35. The average molecular weight is 332 g/mol. The molecule has 0 bridgehead atoms. The quantitative estimate of drug-likeness (QED) is 0.799. The molecule has 0 saturated heterocycles. The van der Waals surface area contributed by atoms with Crippen molar-refractivity contribution in [1.82, 2.24) is 5.32 Å². The van der Waals surface area contributed by atoms with Crippen molar-refractivity contribution >= 4 is 17.5 Å². The van der Waals surface area contributed by atoms with Crippen molar-refractivity contribution in [1.29, 1.82) is 0 Å². The first-order chi connectivity index (χ1) is 11.1. The summed E-state index contributed by atoms with van der Waals surface area (Å²) in [6.07, 6.45) is 1.99. The highest BCUT2D eigenvalue weighted by atomic mass is 35.5. The third kappa shape index (κ3) is 5.29. The van der Waals surface area contributed by atoms with Gasteiger partial charge in [-0.2, -0.15) is 0 Å². The molecule has 1 N–H and O–H groups in total. The lowest BCUT2D eigenvalue weighted by Gasteiger charge is -2.14. The van der Waals surface area contributed by atoms with Gasteiger partial charge in [-0.1, -0.05) is 61.3 Å². The Bertz CT molecular complexity index is 643. The normalized spacial score (nSPS) is 11.8. The highest BCUT2D eigenvalue weighted by Crippen LogP contribution is 2.30. The number of halogens is 1. The zero-order chi connectivity index (χ0) is 16.7. The molecule has 0 aliphatic carbocycles. The second kappa shape index (κ2) is 8.59. The molecule has 23 heavy (non-hydrogen) atoms. The second-order valence-electron chi connectivity index (χ2n) is 5.56. The summed E-state index contributed by atoms with van der Waals surface area (Å²) in [5.41, 5.74) is 2.11. The van der Waals surface area contributed by atoms with E-state index in [1.54, 1.807) is 6.07 Å². The van der Waals surface area contributed by atoms with E-state index < -0.39 is 0 Å². The number of benzene rings is 2. The van der Waals surface area contributed by atoms with Crippen LogP contribution in [0.15, 0.2) is 48.5 Å². The summed E-state index contributed by atoms with van der Waals surface area (Å²) >= 11 is 6.26. The molecule has 0 unspecified atom stereocenters. The first-order valence-corrected chi connectivity index (χ1v) is 8.25. The number of hydrogen-bond donors (Lipinski definition) is 1. The third-order valence-corrected chi connectivity index (χ3v) is 3.82. The van der Waals surface area contributed by atoms with Crippen molar-refractivity contribution in [2.24, 2.45) is 0 Å². The topological polar surface area (TPSA) is 38.3 Å². The molecule has 0 spiro atoms. The van der Waals surface area contributed by atoms with E-state index in [1.165, 1.54) is 0 Å². The standard InChI is InChI=1S/C19H22ClNO2/c1-3-7-14(2)21-19(22)13-23-18-11-10-16(12-17(18)20)15-8-5-4-6-9-15/h4-6,8-12,14H,3,7,13H2,1-2H3,(H,21,22)/t14-/m1/s1. The fourth-order valence-corrected chi connectivity index (χ4v) is 2.63. The van der Waals surface area contributed by atoms with Crippen molar-refractivity contribution in [3.63, 3.8) is 0 Å². The zero-order valence-corrected chi connectivity index (χ0v) is 14.3. The highest BCUT2D eigenvalue weighted by molar-refractivity contribution is 6.32. The summed E-state index contributed by atoms with van der Waals surface area (Å²) in [4.78, 5) is 11.8. The predicted octanol–water partition coefficient (Wildman–Crippen LogP) is 4.69. The Morgan fingerprint density at radius 1 is 1.17 bits per heavy atom. The van der Waals surface area contributed by atoms with Gasteiger partial charge in [0.05, 0.1) is 5.02 Å². The van der Waals surface area contributed by atoms with E-state index in [4.69, 9.17) is 16.3 Å². The summed E-state index contributed by atoms with van der Waals surface area (Å²) < 4.78 is 5.52. The summed E-state index contributed by atoms with van der Waals surface area (Å²) in [6.45, 7) is 4.05. The Hall–Kier alpha value is -2.00. The number of rotatable bonds is 7. The summed E-state index contributed by atoms with van der Waals surface area (Å²) in [6, 6.07) is 15.7. The Kier molecular flexibility index (Phi) is 6.48. The maximum absolute atomic E-state index is 11.8. The number of hydrogen-bond acceptors (Lipinski definition) is 2. The van der Waals surface area contributed by atoms with Gasteiger partial charge in [0.2, 0.25) is 0 Å². The fraction of sp³-hybridized carbons (Fsp3) is 0.316. The lowest BCUT2D eigenvalue weighted by atomic mass is 10.1. The molecular formula is C19H22ClNO2.